The molecule has 0 spiro atoms. The van der Waals surface area contributed by atoms with Crippen LogP contribution in [0.2, 0.25) is 0 Å². The second-order valence-corrected chi connectivity index (χ2v) is 7.10. The SMILES string of the molecule is C1=C2Sc3nnc(-c4ccccc4)n3N2[C@@H](c2cccnc2)S1. The molecule has 0 saturated heterocycles. The summed E-state index contributed by atoms with van der Waals surface area (Å²) < 4.78 is 2.11. The number of rotatable bonds is 2. The third-order valence-corrected chi connectivity index (χ3v) is 5.96. The van der Waals surface area contributed by atoms with Gasteiger partial charge in [0.15, 0.2) is 5.82 Å². The lowest BCUT2D eigenvalue weighted by atomic mass is 10.2. The van der Waals surface area contributed by atoms with Crippen molar-refractivity contribution in [2.75, 3.05) is 5.01 Å². The largest absolute Gasteiger partial charge is 0.264 e. The highest BCUT2D eigenvalue weighted by Crippen LogP contribution is 2.51. The molecule has 4 heterocycles. The average molecular weight is 337 g/mol. The predicted molar refractivity (Wildman–Crippen MR) is 92.2 cm³/mol. The Balaban J connectivity index is 1.63. The molecule has 1 atom stereocenters. The van der Waals surface area contributed by atoms with E-state index < -0.39 is 0 Å². The Hall–Kier alpha value is -2.25. The summed E-state index contributed by atoms with van der Waals surface area (Å²) in [6.07, 6.45) is 3.72. The predicted octanol–water partition coefficient (Wildman–Crippen LogP) is 3.63. The summed E-state index contributed by atoms with van der Waals surface area (Å²) in [6, 6.07) is 14.3. The van der Waals surface area contributed by atoms with Crippen molar-refractivity contribution < 1.29 is 0 Å². The van der Waals surface area contributed by atoms with Gasteiger partial charge in [-0.1, -0.05) is 48.2 Å². The second-order valence-electron chi connectivity index (χ2n) is 5.16. The molecular weight excluding hydrogens is 326 g/mol. The number of benzene rings is 1. The summed E-state index contributed by atoms with van der Waals surface area (Å²) in [6.45, 7) is 0. The fourth-order valence-corrected chi connectivity index (χ4v) is 4.96. The molecule has 23 heavy (non-hydrogen) atoms. The summed E-state index contributed by atoms with van der Waals surface area (Å²) in [5, 5.41) is 15.4. The molecule has 1 aromatic carbocycles. The molecule has 112 valence electrons. The van der Waals surface area contributed by atoms with E-state index in [1.807, 2.05) is 30.5 Å². The van der Waals surface area contributed by atoms with Gasteiger partial charge in [-0.3, -0.25) is 9.99 Å². The number of aromatic nitrogens is 4. The highest BCUT2D eigenvalue weighted by molar-refractivity contribution is 8.07. The van der Waals surface area contributed by atoms with Crippen LogP contribution in [-0.4, -0.2) is 19.9 Å². The lowest BCUT2D eigenvalue weighted by molar-refractivity contribution is 0.638. The van der Waals surface area contributed by atoms with Gasteiger partial charge < -0.3 is 0 Å². The summed E-state index contributed by atoms with van der Waals surface area (Å²) in [4.78, 5) is 4.26. The van der Waals surface area contributed by atoms with Crippen molar-refractivity contribution in [3.05, 3.63) is 70.9 Å². The minimum Gasteiger partial charge on any atom is -0.264 e. The zero-order valence-corrected chi connectivity index (χ0v) is 13.5. The van der Waals surface area contributed by atoms with E-state index in [9.17, 15) is 0 Å². The Kier molecular flexibility index (Phi) is 2.95. The van der Waals surface area contributed by atoms with Crippen LogP contribution >= 0.6 is 23.5 Å². The van der Waals surface area contributed by atoms with E-state index in [0.29, 0.717) is 0 Å². The van der Waals surface area contributed by atoms with Crippen molar-refractivity contribution in [1.29, 1.82) is 0 Å². The summed E-state index contributed by atoms with van der Waals surface area (Å²) in [7, 11) is 0. The Morgan fingerprint density at radius 1 is 1.00 bits per heavy atom. The molecule has 2 aliphatic heterocycles. The molecular formula is C16H11N5S2. The van der Waals surface area contributed by atoms with Gasteiger partial charge in [-0.2, -0.15) is 0 Å². The van der Waals surface area contributed by atoms with Gasteiger partial charge in [-0.15, -0.1) is 10.2 Å². The van der Waals surface area contributed by atoms with E-state index in [-0.39, 0.29) is 5.37 Å². The maximum Gasteiger partial charge on any atom is 0.217 e. The van der Waals surface area contributed by atoms with Crippen molar-refractivity contribution >= 4 is 23.5 Å². The van der Waals surface area contributed by atoms with Crippen LogP contribution in [0.1, 0.15) is 10.9 Å². The van der Waals surface area contributed by atoms with Crippen LogP contribution in [0.5, 0.6) is 0 Å². The van der Waals surface area contributed by atoms with Crippen LogP contribution in [0.25, 0.3) is 11.4 Å². The first-order valence-corrected chi connectivity index (χ1v) is 8.91. The van der Waals surface area contributed by atoms with Crippen LogP contribution in [0.4, 0.5) is 0 Å². The molecule has 2 aromatic heterocycles. The smallest absolute Gasteiger partial charge is 0.217 e. The van der Waals surface area contributed by atoms with Gasteiger partial charge in [0.2, 0.25) is 5.16 Å². The first-order valence-electron chi connectivity index (χ1n) is 7.15. The van der Waals surface area contributed by atoms with Crippen molar-refractivity contribution in [2.24, 2.45) is 0 Å². The van der Waals surface area contributed by atoms with E-state index >= 15 is 0 Å². The van der Waals surface area contributed by atoms with Crippen LogP contribution in [0, 0.1) is 0 Å². The van der Waals surface area contributed by atoms with Gasteiger partial charge in [0.05, 0.1) is 0 Å². The number of hydrogen-bond donors (Lipinski definition) is 0. The highest BCUT2D eigenvalue weighted by atomic mass is 32.2. The third-order valence-electron chi connectivity index (χ3n) is 3.77. The lowest BCUT2D eigenvalue weighted by Crippen LogP contribution is -2.29. The first-order chi connectivity index (χ1) is 11.4. The topological polar surface area (TPSA) is 46.8 Å². The van der Waals surface area contributed by atoms with Crippen molar-refractivity contribution in [3.63, 3.8) is 0 Å². The van der Waals surface area contributed by atoms with Gasteiger partial charge >= 0.3 is 0 Å². The minimum atomic E-state index is 0.158. The molecule has 0 fully saturated rings. The summed E-state index contributed by atoms with van der Waals surface area (Å²) >= 11 is 3.44. The average Bonchev–Trinajstić information content (AvgIpc) is 3.27. The van der Waals surface area contributed by atoms with E-state index in [1.165, 1.54) is 10.6 Å². The molecule has 0 amide bonds. The maximum atomic E-state index is 4.39. The van der Waals surface area contributed by atoms with Crippen LogP contribution in [0.3, 0.4) is 0 Å². The maximum absolute atomic E-state index is 4.39. The Morgan fingerprint density at radius 3 is 2.74 bits per heavy atom. The molecule has 0 N–H and O–H groups in total. The van der Waals surface area contributed by atoms with Crippen molar-refractivity contribution in [2.45, 2.75) is 10.5 Å². The van der Waals surface area contributed by atoms with Crippen molar-refractivity contribution in [3.8, 4) is 11.4 Å². The quantitative estimate of drug-likeness (QED) is 0.712. The molecule has 0 aliphatic carbocycles. The van der Waals surface area contributed by atoms with Crippen LogP contribution < -0.4 is 5.01 Å². The van der Waals surface area contributed by atoms with Gasteiger partial charge in [-0.25, -0.2) is 4.68 Å². The normalized spacial score (nSPS) is 18.7. The van der Waals surface area contributed by atoms with E-state index in [1.54, 1.807) is 29.7 Å². The number of hydrogen-bond acceptors (Lipinski definition) is 6. The Morgan fingerprint density at radius 2 is 1.91 bits per heavy atom. The Bertz CT molecular complexity index is 891. The summed E-state index contributed by atoms with van der Waals surface area (Å²) in [5.74, 6) is 0.868. The molecule has 0 radical (unpaired) electrons. The molecule has 5 nitrogen and oxygen atoms in total. The van der Waals surface area contributed by atoms with Crippen LogP contribution in [-0.2, 0) is 0 Å². The van der Waals surface area contributed by atoms with Gasteiger partial charge in [0.1, 0.15) is 10.4 Å². The van der Waals surface area contributed by atoms with E-state index in [4.69, 9.17) is 0 Å². The molecule has 0 unspecified atom stereocenters. The summed E-state index contributed by atoms with van der Waals surface area (Å²) in [5.41, 5.74) is 2.24. The van der Waals surface area contributed by atoms with Crippen LogP contribution in [0.15, 0.2) is 70.5 Å². The van der Waals surface area contributed by atoms with E-state index in [0.717, 1.165) is 16.5 Å². The standard InChI is InChI=1S/C16H11N5S2/c1-2-5-11(6-3-1)14-18-19-16-21(14)20-13(23-16)10-22-15(20)12-7-4-8-17-9-12/h1-10,15H/t15-/m1/s1. The van der Waals surface area contributed by atoms with Gasteiger partial charge in [0.25, 0.3) is 0 Å². The lowest BCUT2D eigenvalue weighted by Gasteiger charge is -2.25. The number of pyridine rings is 1. The zero-order valence-electron chi connectivity index (χ0n) is 11.9. The number of fused-ring (bicyclic) bond motifs is 3. The molecule has 3 aromatic rings. The molecule has 7 heteroatoms. The minimum absolute atomic E-state index is 0.158. The second kappa shape index (κ2) is 5.14. The zero-order chi connectivity index (χ0) is 15.2. The Labute approximate surface area is 141 Å². The fourth-order valence-electron chi connectivity index (χ4n) is 2.75. The van der Waals surface area contributed by atoms with Gasteiger partial charge in [-0.05, 0) is 17.8 Å². The van der Waals surface area contributed by atoms with Gasteiger partial charge in [0, 0.05) is 28.9 Å². The molecule has 5 rings (SSSR count). The fraction of sp³-hybridized carbons (Fsp3) is 0.0625. The number of nitrogens with zero attached hydrogens (tertiary/aromatic N) is 5. The molecule has 2 aliphatic rings. The highest BCUT2D eigenvalue weighted by Gasteiger charge is 2.39. The first kappa shape index (κ1) is 13.2. The molecule has 0 bridgehead atoms. The third kappa shape index (κ3) is 2.00. The van der Waals surface area contributed by atoms with Crippen molar-refractivity contribution in [1.82, 2.24) is 19.9 Å². The van der Waals surface area contributed by atoms with E-state index in [2.05, 4.69) is 48.5 Å². The molecule has 0 saturated carbocycles. The monoisotopic (exact) mass is 337 g/mol. The number of thioether (sulfide) groups is 2.